The van der Waals surface area contributed by atoms with Crippen LogP contribution in [0.1, 0.15) is 0 Å². The van der Waals surface area contributed by atoms with Gasteiger partial charge < -0.3 is 25.3 Å². The van der Waals surface area contributed by atoms with Crippen LogP contribution in [0.2, 0.25) is 0 Å². The van der Waals surface area contributed by atoms with Crippen LogP contribution in [0, 0.1) is 0 Å². The molecule has 0 spiro atoms. The van der Waals surface area contributed by atoms with Gasteiger partial charge in [-0.15, -0.1) is 0 Å². The number of nitrogen functional groups attached to an aromatic ring is 1. The highest BCUT2D eigenvalue weighted by Crippen LogP contribution is 2.23. The highest BCUT2D eigenvalue weighted by Gasteiger charge is 2.19. The number of rotatable bonds is 2. The van der Waals surface area contributed by atoms with Crippen molar-refractivity contribution in [3.8, 4) is 0 Å². The molecule has 1 aromatic heterocycles. The van der Waals surface area contributed by atoms with E-state index in [9.17, 15) is 0 Å². The molecule has 0 aliphatic carbocycles. The summed E-state index contributed by atoms with van der Waals surface area (Å²) in [5.41, 5.74) is 6.93. The summed E-state index contributed by atoms with van der Waals surface area (Å²) >= 11 is 0. The fourth-order valence-corrected chi connectivity index (χ4v) is 2.92. The van der Waals surface area contributed by atoms with Gasteiger partial charge in [0.2, 0.25) is 0 Å². The zero-order valence-electron chi connectivity index (χ0n) is 13.1. The minimum atomic E-state index is 0.813. The van der Waals surface area contributed by atoms with Gasteiger partial charge in [0.15, 0.2) is 0 Å². The Bertz CT molecular complexity index is 435. The highest BCUT2D eigenvalue weighted by atomic mass is 15.3. The maximum Gasteiger partial charge on any atom is 0.133 e. The molecule has 0 unspecified atom stereocenters. The number of pyridine rings is 1. The molecule has 0 radical (unpaired) electrons. The second kappa shape index (κ2) is 6.07. The number of nitrogens with two attached hydrogens (primary N) is 1. The van der Waals surface area contributed by atoms with Gasteiger partial charge in [0.1, 0.15) is 11.6 Å². The van der Waals surface area contributed by atoms with Crippen molar-refractivity contribution in [1.29, 1.82) is 0 Å². The summed E-state index contributed by atoms with van der Waals surface area (Å²) in [5, 5.41) is 0. The first-order valence-corrected chi connectivity index (χ1v) is 7.76. The van der Waals surface area contributed by atoms with E-state index in [4.69, 9.17) is 10.7 Å². The van der Waals surface area contributed by atoms with Crippen LogP contribution in [0.3, 0.4) is 0 Å². The highest BCUT2D eigenvalue weighted by molar-refractivity contribution is 5.60. The Morgan fingerprint density at radius 3 is 1.52 bits per heavy atom. The summed E-state index contributed by atoms with van der Waals surface area (Å²) in [4.78, 5) is 14.3. The average molecular weight is 290 g/mol. The number of hydrogen-bond acceptors (Lipinski definition) is 6. The monoisotopic (exact) mass is 290 g/mol. The van der Waals surface area contributed by atoms with Crippen molar-refractivity contribution < 1.29 is 0 Å². The largest absolute Gasteiger partial charge is 0.399 e. The van der Waals surface area contributed by atoms with Crippen molar-refractivity contribution in [3.05, 3.63) is 12.1 Å². The van der Waals surface area contributed by atoms with Crippen molar-refractivity contribution in [2.45, 2.75) is 0 Å². The first-order valence-electron chi connectivity index (χ1n) is 7.76. The standard InChI is InChI=1S/C15H26N6/c1-18-3-7-20(8-4-18)14-11-13(16)12-15(17-14)21-9-5-19(2)6-10-21/h11-12H,3-10H2,1-2H3,(H2,16,17). The van der Waals surface area contributed by atoms with E-state index in [0.29, 0.717) is 0 Å². The number of aromatic nitrogens is 1. The van der Waals surface area contributed by atoms with Gasteiger partial charge in [-0.3, -0.25) is 0 Å². The van der Waals surface area contributed by atoms with E-state index in [-0.39, 0.29) is 0 Å². The molecule has 3 heterocycles. The molecule has 2 fully saturated rings. The van der Waals surface area contributed by atoms with E-state index in [1.807, 2.05) is 12.1 Å². The third kappa shape index (κ3) is 3.39. The molecule has 2 saturated heterocycles. The van der Waals surface area contributed by atoms with E-state index in [1.165, 1.54) is 0 Å². The van der Waals surface area contributed by atoms with E-state index >= 15 is 0 Å². The quantitative estimate of drug-likeness (QED) is 0.838. The maximum atomic E-state index is 6.11. The van der Waals surface area contributed by atoms with Gasteiger partial charge in [0, 0.05) is 70.2 Å². The van der Waals surface area contributed by atoms with Crippen LogP contribution in [0.4, 0.5) is 17.3 Å². The van der Waals surface area contributed by atoms with Gasteiger partial charge >= 0.3 is 0 Å². The van der Waals surface area contributed by atoms with Crippen LogP contribution < -0.4 is 15.5 Å². The summed E-state index contributed by atoms with van der Waals surface area (Å²) < 4.78 is 0. The molecule has 0 aromatic carbocycles. The molecule has 2 N–H and O–H groups in total. The molecule has 1 aromatic rings. The number of nitrogens with zero attached hydrogens (tertiary/aromatic N) is 5. The molecule has 6 heteroatoms. The minimum absolute atomic E-state index is 0.813. The van der Waals surface area contributed by atoms with E-state index < -0.39 is 0 Å². The lowest BCUT2D eigenvalue weighted by atomic mass is 10.2. The lowest BCUT2D eigenvalue weighted by Crippen LogP contribution is -2.46. The predicted octanol–water partition coefficient (Wildman–Crippen LogP) is 0.167. The number of anilines is 3. The maximum absolute atomic E-state index is 6.11. The predicted molar refractivity (Wildman–Crippen MR) is 88.1 cm³/mol. The first kappa shape index (κ1) is 14.4. The van der Waals surface area contributed by atoms with Gasteiger partial charge in [-0.05, 0) is 14.1 Å². The molecular weight excluding hydrogens is 264 g/mol. The molecule has 2 aliphatic heterocycles. The molecular formula is C15H26N6. The molecule has 0 saturated carbocycles. The van der Waals surface area contributed by atoms with Crippen molar-refractivity contribution >= 4 is 17.3 Å². The Morgan fingerprint density at radius 1 is 0.762 bits per heavy atom. The minimum Gasteiger partial charge on any atom is -0.399 e. The topological polar surface area (TPSA) is 51.9 Å². The Morgan fingerprint density at radius 2 is 1.14 bits per heavy atom. The Kier molecular flexibility index (Phi) is 4.17. The summed E-state index contributed by atoms with van der Waals surface area (Å²) in [7, 11) is 4.33. The van der Waals surface area contributed by atoms with Gasteiger partial charge in [0.05, 0.1) is 0 Å². The zero-order chi connectivity index (χ0) is 14.8. The smallest absolute Gasteiger partial charge is 0.133 e. The molecule has 116 valence electrons. The lowest BCUT2D eigenvalue weighted by Gasteiger charge is -2.36. The van der Waals surface area contributed by atoms with Crippen LogP contribution in [-0.4, -0.2) is 81.2 Å². The van der Waals surface area contributed by atoms with Crippen molar-refractivity contribution in [2.24, 2.45) is 0 Å². The Balaban J connectivity index is 1.76. The van der Waals surface area contributed by atoms with Crippen LogP contribution >= 0.6 is 0 Å². The van der Waals surface area contributed by atoms with E-state index in [2.05, 4.69) is 33.7 Å². The summed E-state index contributed by atoms with van der Waals surface area (Å²) in [5.74, 6) is 2.05. The normalized spacial score (nSPS) is 21.8. The van der Waals surface area contributed by atoms with Gasteiger partial charge in [0.25, 0.3) is 0 Å². The van der Waals surface area contributed by atoms with Crippen molar-refractivity contribution in [1.82, 2.24) is 14.8 Å². The fraction of sp³-hybridized carbons (Fsp3) is 0.667. The van der Waals surface area contributed by atoms with Gasteiger partial charge in [-0.1, -0.05) is 0 Å². The molecule has 0 amide bonds. The summed E-state index contributed by atoms with van der Waals surface area (Å²) in [6, 6.07) is 4.01. The molecule has 2 aliphatic rings. The molecule has 0 bridgehead atoms. The van der Waals surface area contributed by atoms with E-state index in [0.717, 1.165) is 69.7 Å². The molecule has 21 heavy (non-hydrogen) atoms. The van der Waals surface area contributed by atoms with Crippen LogP contribution in [-0.2, 0) is 0 Å². The average Bonchev–Trinajstić information content (AvgIpc) is 2.48. The summed E-state index contributed by atoms with van der Waals surface area (Å²) in [6.45, 7) is 8.43. The SMILES string of the molecule is CN1CCN(c2cc(N)cc(N3CCN(C)CC3)n2)CC1. The first-order chi connectivity index (χ1) is 10.1. The number of hydrogen-bond donors (Lipinski definition) is 1. The molecule has 6 nitrogen and oxygen atoms in total. The number of piperazine rings is 2. The van der Waals surface area contributed by atoms with Gasteiger partial charge in [-0.2, -0.15) is 0 Å². The second-order valence-electron chi connectivity index (χ2n) is 6.20. The van der Waals surface area contributed by atoms with Crippen LogP contribution in [0.15, 0.2) is 12.1 Å². The fourth-order valence-electron chi connectivity index (χ4n) is 2.92. The summed E-state index contributed by atoms with van der Waals surface area (Å²) in [6.07, 6.45) is 0. The van der Waals surface area contributed by atoms with Crippen LogP contribution in [0.5, 0.6) is 0 Å². The number of likely N-dealkylation sites (N-methyl/N-ethyl adjacent to an activating group) is 2. The van der Waals surface area contributed by atoms with Gasteiger partial charge in [-0.25, -0.2) is 4.98 Å². The third-order valence-corrected chi connectivity index (χ3v) is 4.48. The van der Waals surface area contributed by atoms with Crippen molar-refractivity contribution in [3.63, 3.8) is 0 Å². The Hall–Kier alpha value is -1.53. The third-order valence-electron chi connectivity index (χ3n) is 4.48. The second-order valence-corrected chi connectivity index (χ2v) is 6.20. The zero-order valence-corrected chi connectivity index (χ0v) is 13.1. The molecule has 3 rings (SSSR count). The Labute approximate surface area is 127 Å². The lowest BCUT2D eigenvalue weighted by molar-refractivity contribution is 0.310. The van der Waals surface area contributed by atoms with E-state index in [1.54, 1.807) is 0 Å². The van der Waals surface area contributed by atoms with Crippen LogP contribution in [0.25, 0.3) is 0 Å². The van der Waals surface area contributed by atoms with Crippen molar-refractivity contribution in [2.75, 3.05) is 82.0 Å². The molecule has 0 atom stereocenters.